The molecule has 1 atom stereocenters. The minimum atomic E-state index is 0.0783. The van der Waals surface area contributed by atoms with Crippen LogP contribution in [-0.2, 0) is 0 Å². The third-order valence-corrected chi connectivity index (χ3v) is 4.82. The van der Waals surface area contributed by atoms with Crippen LogP contribution in [0.25, 0.3) is 0 Å². The molecular formula is C21H24O2. The molecule has 0 unspecified atom stereocenters. The van der Waals surface area contributed by atoms with Crippen molar-refractivity contribution in [3.63, 3.8) is 0 Å². The minimum absolute atomic E-state index is 0.0783. The number of Topliss-reactive ketones (excluding diaryl/α,β-unsaturated/α-hetero) is 1. The van der Waals surface area contributed by atoms with E-state index in [0.29, 0.717) is 12.5 Å². The van der Waals surface area contributed by atoms with Gasteiger partial charge < -0.3 is 4.74 Å². The first-order chi connectivity index (χ1) is 10.9. The van der Waals surface area contributed by atoms with Crippen LogP contribution in [0.15, 0.2) is 30.3 Å². The van der Waals surface area contributed by atoms with Crippen molar-refractivity contribution in [2.24, 2.45) is 0 Å². The van der Waals surface area contributed by atoms with E-state index in [4.69, 9.17) is 4.74 Å². The summed E-state index contributed by atoms with van der Waals surface area (Å²) in [6.45, 7) is 10.7. The van der Waals surface area contributed by atoms with E-state index >= 15 is 0 Å². The van der Waals surface area contributed by atoms with Gasteiger partial charge in [-0.2, -0.15) is 0 Å². The molecule has 0 saturated heterocycles. The number of rotatable bonds is 3. The van der Waals surface area contributed by atoms with Crippen LogP contribution < -0.4 is 4.74 Å². The fourth-order valence-corrected chi connectivity index (χ4v) is 3.61. The Hall–Kier alpha value is -2.09. The molecule has 120 valence electrons. The van der Waals surface area contributed by atoms with E-state index in [1.165, 1.54) is 22.3 Å². The average molecular weight is 308 g/mol. The standard InChI is InChI=1S/C21H24O2/c1-12(2)16-6-8-17(9-7-16)18-11-23-21-19(15(5)22)13(3)10-14(4)20(18)21/h6-10,12,18H,11H2,1-5H3/t18-/m1/s1. The van der Waals surface area contributed by atoms with Gasteiger partial charge in [0.15, 0.2) is 5.78 Å². The summed E-state index contributed by atoms with van der Waals surface area (Å²) in [5, 5.41) is 0. The number of hydrogen-bond donors (Lipinski definition) is 0. The van der Waals surface area contributed by atoms with Crippen molar-refractivity contribution in [3.05, 3.63) is 63.7 Å². The molecule has 0 aliphatic carbocycles. The lowest BCUT2D eigenvalue weighted by atomic mass is 9.86. The molecule has 2 aromatic carbocycles. The van der Waals surface area contributed by atoms with Crippen molar-refractivity contribution in [1.29, 1.82) is 0 Å². The largest absolute Gasteiger partial charge is 0.492 e. The predicted octanol–water partition coefficient (Wildman–Crippen LogP) is 5.15. The lowest BCUT2D eigenvalue weighted by Gasteiger charge is -2.15. The second kappa shape index (κ2) is 5.84. The summed E-state index contributed by atoms with van der Waals surface area (Å²) < 4.78 is 5.98. The molecule has 0 radical (unpaired) electrons. The average Bonchev–Trinajstić information content (AvgIpc) is 2.91. The summed E-state index contributed by atoms with van der Waals surface area (Å²) in [7, 11) is 0. The molecule has 0 amide bonds. The van der Waals surface area contributed by atoms with Gasteiger partial charge in [0, 0.05) is 11.5 Å². The molecule has 2 nitrogen and oxygen atoms in total. The number of benzene rings is 2. The van der Waals surface area contributed by atoms with Crippen LogP contribution in [0.2, 0.25) is 0 Å². The second-order valence-electron chi connectivity index (χ2n) is 6.87. The molecule has 0 N–H and O–H groups in total. The first kappa shape index (κ1) is 15.8. The first-order valence-electron chi connectivity index (χ1n) is 8.27. The van der Waals surface area contributed by atoms with Gasteiger partial charge in [0.05, 0.1) is 12.2 Å². The van der Waals surface area contributed by atoms with E-state index in [1.54, 1.807) is 6.92 Å². The highest BCUT2D eigenvalue weighted by Gasteiger charge is 2.31. The Balaban J connectivity index is 2.08. The molecule has 0 saturated carbocycles. The van der Waals surface area contributed by atoms with Crippen molar-refractivity contribution in [2.75, 3.05) is 6.61 Å². The van der Waals surface area contributed by atoms with E-state index in [2.05, 4.69) is 51.1 Å². The fraction of sp³-hybridized carbons (Fsp3) is 0.381. The molecule has 1 aliphatic rings. The van der Waals surface area contributed by atoms with Gasteiger partial charge in [0.2, 0.25) is 0 Å². The number of carbonyl (C=O) groups is 1. The van der Waals surface area contributed by atoms with Crippen LogP contribution in [0, 0.1) is 13.8 Å². The molecule has 0 spiro atoms. The topological polar surface area (TPSA) is 26.3 Å². The minimum Gasteiger partial charge on any atom is -0.492 e. The monoisotopic (exact) mass is 308 g/mol. The van der Waals surface area contributed by atoms with Gasteiger partial charge in [-0.05, 0) is 48.9 Å². The van der Waals surface area contributed by atoms with Crippen molar-refractivity contribution < 1.29 is 9.53 Å². The predicted molar refractivity (Wildman–Crippen MR) is 93.8 cm³/mol. The molecule has 0 aromatic heterocycles. The summed E-state index contributed by atoms with van der Waals surface area (Å²) in [5.74, 6) is 1.62. The summed E-state index contributed by atoms with van der Waals surface area (Å²) in [6, 6.07) is 10.9. The Bertz CT molecular complexity index is 754. The number of ketones is 1. The highest BCUT2D eigenvalue weighted by molar-refractivity contribution is 5.99. The SMILES string of the molecule is CC(=O)c1c(C)cc(C)c2c1OC[C@@H]2c1ccc(C(C)C)cc1. The van der Waals surface area contributed by atoms with Crippen molar-refractivity contribution in [2.45, 2.75) is 46.5 Å². The van der Waals surface area contributed by atoms with E-state index < -0.39 is 0 Å². The maximum atomic E-state index is 12.0. The fourth-order valence-electron chi connectivity index (χ4n) is 3.61. The van der Waals surface area contributed by atoms with Crippen molar-refractivity contribution in [3.8, 4) is 5.75 Å². The van der Waals surface area contributed by atoms with Crippen LogP contribution in [0.4, 0.5) is 0 Å². The smallest absolute Gasteiger partial charge is 0.163 e. The van der Waals surface area contributed by atoms with Gasteiger partial charge >= 0.3 is 0 Å². The summed E-state index contributed by atoms with van der Waals surface area (Å²) in [4.78, 5) is 12.0. The van der Waals surface area contributed by atoms with Gasteiger partial charge in [0.25, 0.3) is 0 Å². The van der Waals surface area contributed by atoms with Gasteiger partial charge in [0.1, 0.15) is 5.75 Å². The number of aryl methyl sites for hydroxylation is 2. The molecule has 3 rings (SSSR count). The Labute approximate surface area is 138 Å². The molecule has 0 bridgehead atoms. The molecule has 2 aromatic rings. The third-order valence-electron chi connectivity index (χ3n) is 4.82. The molecule has 1 heterocycles. The van der Waals surface area contributed by atoms with Crippen molar-refractivity contribution in [1.82, 2.24) is 0 Å². The Kier molecular flexibility index (Phi) is 4.01. The summed E-state index contributed by atoms with van der Waals surface area (Å²) in [5.41, 5.74) is 6.74. The van der Waals surface area contributed by atoms with Crippen LogP contribution in [0.3, 0.4) is 0 Å². The van der Waals surface area contributed by atoms with E-state index in [0.717, 1.165) is 16.9 Å². The molecule has 23 heavy (non-hydrogen) atoms. The summed E-state index contributed by atoms with van der Waals surface area (Å²) >= 11 is 0. The molecular weight excluding hydrogens is 284 g/mol. The highest BCUT2D eigenvalue weighted by Crippen LogP contribution is 2.44. The van der Waals surface area contributed by atoms with Crippen LogP contribution in [0.5, 0.6) is 5.75 Å². The Morgan fingerprint density at radius 3 is 2.35 bits per heavy atom. The highest BCUT2D eigenvalue weighted by atomic mass is 16.5. The summed E-state index contributed by atoms with van der Waals surface area (Å²) in [6.07, 6.45) is 0. The zero-order valence-electron chi connectivity index (χ0n) is 14.6. The normalized spacial score (nSPS) is 16.3. The van der Waals surface area contributed by atoms with Gasteiger partial charge in [-0.25, -0.2) is 0 Å². The first-order valence-corrected chi connectivity index (χ1v) is 8.27. The van der Waals surface area contributed by atoms with E-state index in [9.17, 15) is 4.79 Å². The Morgan fingerprint density at radius 2 is 1.78 bits per heavy atom. The molecule has 2 heteroatoms. The molecule has 0 fully saturated rings. The third kappa shape index (κ3) is 2.67. The van der Waals surface area contributed by atoms with Crippen molar-refractivity contribution >= 4 is 5.78 Å². The Morgan fingerprint density at radius 1 is 1.13 bits per heavy atom. The zero-order valence-corrected chi connectivity index (χ0v) is 14.6. The zero-order chi connectivity index (χ0) is 16.7. The van der Waals surface area contributed by atoms with Crippen LogP contribution in [0.1, 0.15) is 70.8 Å². The quantitative estimate of drug-likeness (QED) is 0.733. The maximum Gasteiger partial charge on any atom is 0.163 e. The number of ether oxygens (including phenoxy) is 1. The van der Waals surface area contributed by atoms with E-state index in [1.807, 2.05) is 6.92 Å². The van der Waals surface area contributed by atoms with Gasteiger partial charge in [-0.1, -0.05) is 44.2 Å². The number of hydrogen-bond acceptors (Lipinski definition) is 2. The lowest BCUT2D eigenvalue weighted by Crippen LogP contribution is -2.04. The van der Waals surface area contributed by atoms with Crippen LogP contribution in [-0.4, -0.2) is 12.4 Å². The van der Waals surface area contributed by atoms with Gasteiger partial charge in [-0.3, -0.25) is 4.79 Å². The van der Waals surface area contributed by atoms with Gasteiger partial charge in [-0.15, -0.1) is 0 Å². The number of fused-ring (bicyclic) bond motifs is 1. The van der Waals surface area contributed by atoms with Crippen LogP contribution >= 0.6 is 0 Å². The van der Waals surface area contributed by atoms with E-state index in [-0.39, 0.29) is 11.7 Å². The maximum absolute atomic E-state index is 12.0. The second-order valence-corrected chi connectivity index (χ2v) is 6.87. The number of carbonyl (C=O) groups excluding carboxylic acids is 1. The lowest BCUT2D eigenvalue weighted by molar-refractivity contribution is 0.101. The molecule has 1 aliphatic heterocycles.